The van der Waals surface area contributed by atoms with Gasteiger partial charge in [-0.15, -0.1) is 0 Å². The minimum Gasteiger partial charge on any atom is -0.480 e. The highest BCUT2D eigenvalue weighted by Crippen LogP contribution is 2.38. The van der Waals surface area contributed by atoms with E-state index in [4.69, 9.17) is 4.42 Å². The predicted molar refractivity (Wildman–Crippen MR) is 82.8 cm³/mol. The molecule has 2 atom stereocenters. The molecule has 1 aliphatic rings. The van der Waals surface area contributed by atoms with Crippen molar-refractivity contribution in [2.75, 3.05) is 6.54 Å². The normalized spacial score (nSPS) is 26.0. The van der Waals surface area contributed by atoms with Crippen molar-refractivity contribution in [3.8, 4) is 0 Å². The maximum atomic E-state index is 11.7. The van der Waals surface area contributed by atoms with Crippen molar-refractivity contribution in [2.45, 2.75) is 68.9 Å². The molecule has 1 aromatic heterocycles. The summed E-state index contributed by atoms with van der Waals surface area (Å²) in [5.74, 6) is 0.0999. The molecule has 21 heavy (non-hydrogen) atoms. The van der Waals surface area contributed by atoms with Crippen molar-refractivity contribution in [2.24, 2.45) is 0 Å². The van der Waals surface area contributed by atoms with Crippen LogP contribution in [0.2, 0.25) is 0 Å². The summed E-state index contributed by atoms with van der Waals surface area (Å²) in [5, 5.41) is 13.8. The largest absolute Gasteiger partial charge is 0.480 e. The van der Waals surface area contributed by atoms with Gasteiger partial charge in [0.2, 0.25) is 0 Å². The minimum absolute atomic E-state index is 0.233. The fourth-order valence-corrected chi connectivity index (χ4v) is 4.06. The Morgan fingerprint density at radius 3 is 2.90 bits per heavy atom. The number of carboxylic acids is 1. The monoisotopic (exact) mass is 312 g/mol. The molecule has 1 saturated carbocycles. The zero-order valence-corrected chi connectivity index (χ0v) is 13.8. The Hall–Kier alpha value is -1.01. The van der Waals surface area contributed by atoms with E-state index < -0.39 is 11.5 Å². The van der Waals surface area contributed by atoms with E-state index in [1.54, 1.807) is 11.8 Å². The summed E-state index contributed by atoms with van der Waals surface area (Å²) in [6.07, 6.45) is 4.18. The maximum absolute atomic E-state index is 11.7. The predicted octanol–water partition coefficient (Wildman–Crippen LogP) is 3.15. The number of aliphatic carboxylic acids is 1. The van der Waals surface area contributed by atoms with Gasteiger partial charge in [0.15, 0.2) is 0 Å². The molecule has 1 aromatic rings. The van der Waals surface area contributed by atoms with Gasteiger partial charge in [-0.05, 0) is 52.5 Å². The van der Waals surface area contributed by atoms with Crippen LogP contribution >= 0.6 is 11.8 Å². The van der Waals surface area contributed by atoms with Crippen LogP contribution < -0.4 is 5.32 Å². The van der Waals surface area contributed by atoms with Crippen LogP contribution in [0.5, 0.6) is 0 Å². The molecule has 1 heterocycles. The molecule has 0 aromatic carbocycles. The first-order valence-corrected chi connectivity index (χ1v) is 8.44. The summed E-state index contributed by atoms with van der Waals surface area (Å²) in [7, 11) is 0. The molecule has 6 heteroatoms. The van der Waals surface area contributed by atoms with Gasteiger partial charge in [-0.3, -0.25) is 4.79 Å². The third-order valence-electron chi connectivity index (χ3n) is 4.10. The molecule has 1 fully saturated rings. The second-order valence-corrected chi connectivity index (χ2v) is 7.02. The maximum Gasteiger partial charge on any atom is 0.323 e. The Bertz CT molecular complexity index is 484. The first kappa shape index (κ1) is 16.4. The Labute approximate surface area is 129 Å². The third kappa shape index (κ3) is 3.80. The SMILES string of the molecule is CCCNC1(C(=O)O)CCCC(Sc2nc(C)c(C)o2)C1. The molecule has 0 spiro atoms. The van der Waals surface area contributed by atoms with Gasteiger partial charge < -0.3 is 14.8 Å². The minimum atomic E-state index is -0.789. The number of aromatic nitrogens is 1. The van der Waals surface area contributed by atoms with E-state index >= 15 is 0 Å². The van der Waals surface area contributed by atoms with Gasteiger partial charge in [-0.25, -0.2) is 4.98 Å². The average Bonchev–Trinajstić information content (AvgIpc) is 2.75. The third-order valence-corrected chi connectivity index (χ3v) is 5.22. The zero-order chi connectivity index (χ0) is 15.5. The molecule has 0 amide bonds. The summed E-state index contributed by atoms with van der Waals surface area (Å²) in [6.45, 7) is 6.61. The standard InChI is InChI=1S/C15H24N2O3S/c1-4-8-16-15(13(18)19)7-5-6-12(9-15)21-14-17-10(2)11(3)20-14/h12,16H,4-9H2,1-3H3,(H,18,19). The van der Waals surface area contributed by atoms with Gasteiger partial charge in [0.05, 0.1) is 5.69 Å². The molecule has 2 N–H and O–H groups in total. The highest BCUT2D eigenvalue weighted by molar-refractivity contribution is 7.99. The lowest BCUT2D eigenvalue weighted by Crippen LogP contribution is -2.55. The van der Waals surface area contributed by atoms with Crippen LogP contribution in [0.25, 0.3) is 0 Å². The number of nitrogens with one attached hydrogen (secondary N) is 1. The lowest BCUT2D eigenvalue weighted by atomic mass is 9.81. The highest BCUT2D eigenvalue weighted by atomic mass is 32.2. The van der Waals surface area contributed by atoms with Crippen LogP contribution in [-0.2, 0) is 4.79 Å². The second kappa shape index (κ2) is 6.83. The molecule has 0 aliphatic heterocycles. The van der Waals surface area contributed by atoms with Gasteiger partial charge in [0.1, 0.15) is 11.3 Å². The van der Waals surface area contributed by atoms with Crippen LogP contribution in [-0.4, -0.2) is 33.4 Å². The van der Waals surface area contributed by atoms with Gasteiger partial charge in [-0.2, -0.15) is 0 Å². The zero-order valence-electron chi connectivity index (χ0n) is 12.9. The molecule has 0 radical (unpaired) electrons. The van der Waals surface area contributed by atoms with Crippen molar-refractivity contribution in [3.63, 3.8) is 0 Å². The quantitative estimate of drug-likeness (QED) is 0.840. The Balaban J connectivity index is 2.06. The molecule has 0 saturated heterocycles. The van der Waals surface area contributed by atoms with E-state index in [1.165, 1.54) is 0 Å². The second-order valence-electron chi connectivity index (χ2n) is 5.77. The van der Waals surface area contributed by atoms with Gasteiger partial charge in [0.25, 0.3) is 5.22 Å². The van der Waals surface area contributed by atoms with E-state index in [1.807, 2.05) is 13.8 Å². The summed E-state index contributed by atoms with van der Waals surface area (Å²) in [4.78, 5) is 16.1. The number of carbonyl (C=O) groups is 1. The number of rotatable bonds is 6. The van der Waals surface area contributed by atoms with E-state index in [0.717, 1.165) is 37.3 Å². The topological polar surface area (TPSA) is 75.4 Å². The van der Waals surface area contributed by atoms with Crippen LogP contribution in [0.1, 0.15) is 50.5 Å². The molecule has 1 aliphatic carbocycles. The molecule has 0 bridgehead atoms. The molecule has 5 nitrogen and oxygen atoms in total. The summed E-state index contributed by atoms with van der Waals surface area (Å²) >= 11 is 1.57. The lowest BCUT2D eigenvalue weighted by molar-refractivity contribution is -0.146. The summed E-state index contributed by atoms with van der Waals surface area (Å²) in [5.41, 5.74) is 0.115. The molecule has 118 valence electrons. The number of carboxylic acid groups (broad SMARTS) is 1. The highest BCUT2D eigenvalue weighted by Gasteiger charge is 2.43. The number of aryl methyl sites for hydroxylation is 2. The Morgan fingerprint density at radius 2 is 2.33 bits per heavy atom. The van der Waals surface area contributed by atoms with Gasteiger partial charge in [-0.1, -0.05) is 18.7 Å². The van der Waals surface area contributed by atoms with Gasteiger partial charge in [0, 0.05) is 5.25 Å². The molecule has 2 unspecified atom stereocenters. The molecule has 2 rings (SSSR count). The van der Waals surface area contributed by atoms with Crippen LogP contribution in [0.15, 0.2) is 9.64 Å². The van der Waals surface area contributed by atoms with Crippen molar-refractivity contribution in [3.05, 3.63) is 11.5 Å². The Morgan fingerprint density at radius 1 is 1.57 bits per heavy atom. The van der Waals surface area contributed by atoms with E-state index in [0.29, 0.717) is 18.1 Å². The number of oxazole rings is 1. The Kier molecular flexibility index (Phi) is 5.32. The first-order chi connectivity index (χ1) is 9.97. The van der Waals surface area contributed by atoms with E-state index in [2.05, 4.69) is 17.2 Å². The smallest absolute Gasteiger partial charge is 0.323 e. The average molecular weight is 312 g/mol. The fraction of sp³-hybridized carbons (Fsp3) is 0.733. The summed E-state index contributed by atoms with van der Waals surface area (Å²) in [6, 6.07) is 0. The lowest BCUT2D eigenvalue weighted by Gasteiger charge is -2.37. The number of hydrogen-bond acceptors (Lipinski definition) is 5. The van der Waals surface area contributed by atoms with E-state index in [9.17, 15) is 9.90 Å². The molecular weight excluding hydrogens is 288 g/mol. The van der Waals surface area contributed by atoms with Crippen molar-refractivity contribution >= 4 is 17.7 Å². The molecular formula is C15H24N2O3S. The number of hydrogen-bond donors (Lipinski definition) is 2. The number of nitrogens with zero attached hydrogens (tertiary/aromatic N) is 1. The first-order valence-electron chi connectivity index (χ1n) is 7.56. The van der Waals surface area contributed by atoms with Crippen LogP contribution in [0.4, 0.5) is 0 Å². The number of thioether (sulfide) groups is 1. The van der Waals surface area contributed by atoms with Gasteiger partial charge >= 0.3 is 5.97 Å². The van der Waals surface area contributed by atoms with E-state index in [-0.39, 0.29) is 5.25 Å². The fourth-order valence-electron chi connectivity index (χ4n) is 2.76. The van der Waals surface area contributed by atoms with Crippen molar-refractivity contribution in [1.29, 1.82) is 0 Å². The van der Waals surface area contributed by atoms with Crippen LogP contribution in [0.3, 0.4) is 0 Å². The van der Waals surface area contributed by atoms with Crippen molar-refractivity contribution < 1.29 is 14.3 Å². The summed E-state index contributed by atoms with van der Waals surface area (Å²) < 4.78 is 5.61. The van der Waals surface area contributed by atoms with Crippen LogP contribution in [0, 0.1) is 13.8 Å². The van der Waals surface area contributed by atoms with Crippen molar-refractivity contribution in [1.82, 2.24) is 10.3 Å².